The lowest BCUT2D eigenvalue weighted by molar-refractivity contribution is -0.120. The molecule has 1 aromatic heterocycles. The van der Waals surface area contributed by atoms with Crippen LogP contribution in [-0.2, 0) is 18.4 Å². The summed E-state index contributed by atoms with van der Waals surface area (Å²) in [5.41, 5.74) is -0.0438. The van der Waals surface area contributed by atoms with Gasteiger partial charge < -0.3 is 14.4 Å². The van der Waals surface area contributed by atoms with E-state index in [1.807, 2.05) is 6.07 Å². The van der Waals surface area contributed by atoms with Gasteiger partial charge in [-0.05, 0) is 64.7 Å². The van der Waals surface area contributed by atoms with Crippen LogP contribution in [0.5, 0.6) is 0 Å². The average Bonchev–Trinajstić information content (AvgIpc) is 3.14. The van der Waals surface area contributed by atoms with Crippen LogP contribution in [0, 0.1) is 5.82 Å². The first-order valence-corrected chi connectivity index (χ1v) is 12.6. The molecule has 1 N–H and O–H groups in total. The Bertz CT molecular complexity index is 1210. The van der Waals surface area contributed by atoms with Crippen molar-refractivity contribution < 1.29 is 22.8 Å². The van der Waals surface area contributed by atoms with Crippen molar-refractivity contribution >= 4 is 64.2 Å². The summed E-state index contributed by atoms with van der Waals surface area (Å²) >= 11 is 13.4. The lowest BCUT2D eigenvalue weighted by Crippen LogP contribution is -2.28. The number of carbonyl (C=O) groups is 1. The summed E-state index contributed by atoms with van der Waals surface area (Å²) in [6, 6.07) is 9.51. The minimum absolute atomic E-state index is 0.0265. The zero-order valence-electron chi connectivity index (χ0n) is 16.0. The first-order valence-electron chi connectivity index (χ1n) is 9.35. The number of hydrogen-bond acceptors (Lipinski definition) is 5. The van der Waals surface area contributed by atoms with Gasteiger partial charge in [0.15, 0.2) is 5.66 Å². The maximum atomic E-state index is 13.5. The number of hydrogen-bond donors (Lipinski definition) is 1. The molecule has 0 spiro atoms. The monoisotopic (exact) mass is 499 g/mol. The Kier molecular flexibility index (Phi) is 6.82. The number of amides is 1. The molecule has 0 aliphatic carbocycles. The molecule has 2 heterocycles. The van der Waals surface area contributed by atoms with Gasteiger partial charge in [-0.3, -0.25) is 9.36 Å². The summed E-state index contributed by atoms with van der Waals surface area (Å²) in [6.45, 7) is 0.488. The van der Waals surface area contributed by atoms with Gasteiger partial charge in [0.25, 0.3) is 0 Å². The van der Waals surface area contributed by atoms with Gasteiger partial charge >= 0.3 is 7.60 Å². The van der Waals surface area contributed by atoms with Crippen LogP contribution in [0.15, 0.2) is 48.0 Å². The summed E-state index contributed by atoms with van der Waals surface area (Å²) < 4.78 is 38.7. The van der Waals surface area contributed by atoms with E-state index in [2.05, 4.69) is 5.32 Å². The Hall–Kier alpha value is -1.73. The molecule has 0 saturated carbocycles. The van der Waals surface area contributed by atoms with Crippen molar-refractivity contribution in [3.05, 3.63) is 75.0 Å². The number of nitrogens with one attached hydrogen (secondary N) is 1. The first-order chi connectivity index (χ1) is 14.9. The van der Waals surface area contributed by atoms with Crippen LogP contribution < -0.4 is 5.32 Å². The highest BCUT2D eigenvalue weighted by molar-refractivity contribution is 7.55. The van der Waals surface area contributed by atoms with E-state index in [9.17, 15) is 13.8 Å². The van der Waals surface area contributed by atoms with Gasteiger partial charge in [-0.2, -0.15) is 0 Å². The minimum atomic E-state index is -3.77. The van der Waals surface area contributed by atoms with Crippen molar-refractivity contribution in [1.29, 1.82) is 0 Å². The summed E-state index contributed by atoms with van der Waals surface area (Å²) in [7, 11) is -3.77. The predicted octanol–water partition coefficient (Wildman–Crippen LogP) is 6.81. The topological polar surface area (TPSA) is 64.6 Å². The van der Waals surface area contributed by atoms with Crippen molar-refractivity contribution in [1.82, 2.24) is 5.32 Å². The molecule has 162 valence electrons. The van der Waals surface area contributed by atoms with E-state index in [-0.39, 0.29) is 18.2 Å². The van der Waals surface area contributed by atoms with Crippen LogP contribution >= 0.6 is 42.1 Å². The van der Waals surface area contributed by atoms with Gasteiger partial charge in [-0.15, -0.1) is 11.3 Å². The van der Waals surface area contributed by atoms with E-state index in [1.165, 1.54) is 35.7 Å². The van der Waals surface area contributed by atoms with Crippen molar-refractivity contribution in [2.45, 2.75) is 12.1 Å². The molecule has 1 saturated heterocycles. The van der Waals surface area contributed by atoms with Gasteiger partial charge in [0, 0.05) is 15.9 Å². The van der Waals surface area contributed by atoms with E-state index in [0.29, 0.717) is 22.6 Å². The lowest BCUT2D eigenvalue weighted by Gasteiger charge is -2.29. The first kappa shape index (κ1) is 22.5. The molecule has 0 radical (unpaired) electrons. The van der Waals surface area contributed by atoms with E-state index < -0.39 is 25.0 Å². The Labute approximate surface area is 192 Å². The molecule has 0 bridgehead atoms. The second kappa shape index (κ2) is 9.41. The van der Waals surface area contributed by atoms with Gasteiger partial charge in [0.05, 0.1) is 18.2 Å². The molecule has 1 aliphatic heterocycles. The normalized spacial score (nSPS) is 17.1. The molecule has 2 aromatic carbocycles. The van der Waals surface area contributed by atoms with Crippen LogP contribution in [0.1, 0.15) is 23.2 Å². The van der Waals surface area contributed by atoms with Gasteiger partial charge in [-0.25, -0.2) is 4.39 Å². The van der Waals surface area contributed by atoms with Crippen LogP contribution in [0.3, 0.4) is 0 Å². The number of halogens is 3. The fourth-order valence-corrected chi connectivity index (χ4v) is 6.72. The van der Waals surface area contributed by atoms with Gasteiger partial charge in [0.2, 0.25) is 5.91 Å². The quantitative estimate of drug-likeness (QED) is 0.391. The van der Waals surface area contributed by atoms with E-state index in [1.54, 1.807) is 23.6 Å². The Balaban J connectivity index is 1.66. The highest BCUT2D eigenvalue weighted by Gasteiger charge is 2.45. The maximum absolute atomic E-state index is 13.5. The molecule has 10 heteroatoms. The Morgan fingerprint density at radius 2 is 1.97 bits per heavy atom. The van der Waals surface area contributed by atoms with Crippen molar-refractivity contribution in [2.75, 3.05) is 13.2 Å². The molecule has 31 heavy (non-hydrogen) atoms. The molecule has 1 fully saturated rings. The fraction of sp³-hybridized carbons (Fsp3) is 0.190. The molecular formula is C21H17Cl2FNO4PS. The standard InChI is InChI=1S/C21H17Cl2FNO4PS/c22-14-3-5-19-15(11-14)16(12-31-19)20(30(27)28-8-1-9-29-30)21(26)25-7-6-13-2-4-18(24)17(23)10-13/h2-7,10-12,20H,1,8-9H2,(H,25,26). The summed E-state index contributed by atoms with van der Waals surface area (Å²) in [6.07, 6.45) is 3.54. The number of rotatable bonds is 5. The summed E-state index contributed by atoms with van der Waals surface area (Å²) in [4.78, 5) is 13.2. The zero-order valence-corrected chi connectivity index (χ0v) is 19.2. The molecule has 1 atom stereocenters. The predicted molar refractivity (Wildman–Crippen MR) is 122 cm³/mol. The van der Waals surface area contributed by atoms with Gasteiger partial charge in [0.1, 0.15) is 5.82 Å². The summed E-state index contributed by atoms with van der Waals surface area (Å²) in [5.74, 6) is -1.08. The van der Waals surface area contributed by atoms with E-state index in [4.69, 9.17) is 32.2 Å². The zero-order chi connectivity index (χ0) is 22.0. The Morgan fingerprint density at radius 1 is 1.19 bits per heavy atom. The van der Waals surface area contributed by atoms with Gasteiger partial charge in [-0.1, -0.05) is 29.3 Å². The lowest BCUT2D eigenvalue weighted by atomic mass is 10.1. The Morgan fingerprint density at radius 3 is 2.71 bits per heavy atom. The number of carbonyl (C=O) groups excluding carboxylic acids is 1. The third-order valence-corrected chi connectivity index (χ3v) is 8.44. The molecule has 1 amide bonds. The third kappa shape index (κ3) is 4.87. The SMILES string of the molecule is O=C(NC=Cc1ccc(F)c(Cl)c1)C(c1csc2ccc(Cl)cc12)P1(=O)OCCCO1. The highest BCUT2D eigenvalue weighted by Crippen LogP contribution is 2.63. The minimum Gasteiger partial charge on any atom is -0.332 e. The molecule has 1 unspecified atom stereocenters. The molecule has 5 nitrogen and oxygen atoms in total. The smallest absolute Gasteiger partial charge is 0.332 e. The highest BCUT2D eigenvalue weighted by atomic mass is 35.5. The molecule has 1 aliphatic rings. The average molecular weight is 500 g/mol. The molecule has 3 aromatic rings. The van der Waals surface area contributed by atoms with Crippen LogP contribution in [0.25, 0.3) is 16.2 Å². The van der Waals surface area contributed by atoms with Crippen LogP contribution in [0.2, 0.25) is 10.0 Å². The van der Waals surface area contributed by atoms with Crippen LogP contribution in [-0.4, -0.2) is 19.1 Å². The number of fused-ring (bicyclic) bond motifs is 1. The number of thiophene rings is 1. The van der Waals surface area contributed by atoms with E-state index in [0.717, 1.165) is 10.1 Å². The van der Waals surface area contributed by atoms with Crippen LogP contribution in [0.4, 0.5) is 4.39 Å². The third-order valence-electron chi connectivity index (χ3n) is 4.70. The van der Waals surface area contributed by atoms with Crippen molar-refractivity contribution in [3.8, 4) is 0 Å². The molecule has 4 rings (SSSR count). The maximum Gasteiger partial charge on any atom is 0.347 e. The second-order valence-electron chi connectivity index (χ2n) is 6.81. The van der Waals surface area contributed by atoms with Crippen molar-refractivity contribution in [3.63, 3.8) is 0 Å². The van der Waals surface area contributed by atoms with Crippen molar-refractivity contribution in [2.24, 2.45) is 0 Å². The molecular weight excluding hydrogens is 483 g/mol. The second-order valence-corrected chi connectivity index (χ2v) is 10.7. The number of benzene rings is 2. The largest absolute Gasteiger partial charge is 0.347 e. The fourth-order valence-electron chi connectivity index (χ4n) is 3.23. The summed E-state index contributed by atoms with van der Waals surface area (Å²) in [5, 5.41) is 5.61. The van der Waals surface area contributed by atoms with E-state index >= 15 is 0 Å².